The number of thiophene rings is 1. The summed E-state index contributed by atoms with van der Waals surface area (Å²) in [5.41, 5.74) is 0.193. The predicted molar refractivity (Wildman–Crippen MR) is 153 cm³/mol. The lowest BCUT2D eigenvalue weighted by atomic mass is 9.81. The molecule has 10 heteroatoms. The van der Waals surface area contributed by atoms with Crippen molar-refractivity contribution in [2.75, 3.05) is 11.4 Å². The number of aromatic carboxylic acids is 1. The van der Waals surface area contributed by atoms with Crippen molar-refractivity contribution in [1.82, 2.24) is 10.6 Å². The number of hydrogen-bond acceptors (Lipinski definition) is 6. The standard InChI is InChI=1S/C30H41N3O6S/c1-18-5-7-19(8-6-18)27(35)33(23-17-22(13-15-30(2,3)4)40-25(23)28(36)37)21-11-9-20(10-12-21)32-29(38)39-24-14-16-31-26(24)34/h17-21,24H,5-12,14,16H2,1-4H3,(H,31,34)(H,32,38)(H,36,37)/t18-,19-,20?,21?,24-/m1/s1. The molecule has 4 rings (SSSR count). The minimum atomic E-state index is -1.06. The quantitative estimate of drug-likeness (QED) is 0.416. The van der Waals surface area contributed by atoms with Gasteiger partial charge < -0.3 is 25.4 Å². The van der Waals surface area contributed by atoms with E-state index in [1.165, 1.54) is 0 Å². The third-order valence-corrected chi connectivity index (χ3v) is 8.99. The van der Waals surface area contributed by atoms with Crippen LogP contribution in [0.1, 0.15) is 100 Å². The Labute approximate surface area is 240 Å². The Morgan fingerprint density at radius 3 is 2.33 bits per heavy atom. The van der Waals surface area contributed by atoms with Gasteiger partial charge in [-0.15, -0.1) is 11.3 Å². The molecular formula is C30H41N3O6S. The molecular weight excluding hydrogens is 530 g/mol. The van der Waals surface area contributed by atoms with Crippen LogP contribution in [-0.4, -0.2) is 53.7 Å². The van der Waals surface area contributed by atoms with Crippen molar-refractivity contribution in [3.8, 4) is 11.8 Å². The van der Waals surface area contributed by atoms with Crippen molar-refractivity contribution in [2.24, 2.45) is 17.3 Å². The van der Waals surface area contributed by atoms with Crippen molar-refractivity contribution in [3.63, 3.8) is 0 Å². The molecule has 3 amide bonds. The fraction of sp³-hybridized carbons (Fsp3) is 0.667. The molecule has 0 radical (unpaired) electrons. The average Bonchev–Trinajstić information content (AvgIpc) is 3.50. The van der Waals surface area contributed by atoms with Gasteiger partial charge >= 0.3 is 12.1 Å². The van der Waals surface area contributed by atoms with E-state index in [2.05, 4.69) is 29.4 Å². The van der Waals surface area contributed by atoms with Crippen LogP contribution in [0, 0.1) is 29.1 Å². The maximum atomic E-state index is 14.1. The van der Waals surface area contributed by atoms with Crippen LogP contribution < -0.4 is 15.5 Å². The Kier molecular flexibility index (Phi) is 9.44. The molecule has 1 atom stereocenters. The second kappa shape index (κ2) is 12.6. The molecule has 40 heavy (non-hydrogen) atoms. The topological polar surface area (TPSA) is 125 Å². The van der Waals surface area contributed by atoms with Gasteiger partial charge in [0.2, 0.25) is 5.91 Å². The van der Waals surface area contributed by atoms with Gasteiger partial charge in [-0.3, -0.25) is 9.59 Å². The first-order valence-electron chi connectivity index (χ1n) is 14.4. The molecule has 2 saturated carbocycles. The van der Waals surface area contributed by atoms with E-state index in [0.29, 0.717) is 55.1 Å². The number of carboxylic acids is 1. The molecule has 9 nitrogen and oxygen atoms in total. The number of hydrogen-bond donors (Lipinski definition) is 3. The molecule has 2 aliphatic carbocycles. The van der Waals surface area contributed by atoms with E-state index in [0.717, 1.165) is 37.0 Å². The van der Waals surface area contributed by atoms with Crippen molar-refractivity contribution < 1.29 is 29.0 Å². The first-order valence-corrected chi connectivity index (χ1v) is 15.2. The maximum absolute atomic E-state index is 14.1. The number of nitrogens with one attached hydrogen (secondary N) is 2. The minimum Gasteiger partial charge on any atom is -0.477 e. The summed E-state index contributed by atoms with van der Waals surface area (Å²) in [7, 11) is 0. The molecule has 1 aliphatic heterocycles. The van der Waals surface area contributed by atoms with E-state index in [9.17, 15) is 24.3 Å². The number of alkyl carbamates (subject to hydrolysis) is 1. The fourth-order valence-electron chi connectivity index (χ4n) is 5.72. The van der Waals surface area contributed by atoms with E-state index in [-0.39, 0.29) is 40.1 Å². The Hall–Kier alpha value is -3.06. The number of carboxylic acid groups (broad SMARTS) is 1. The molecule has 218 valence electrons. The zero-order valence-electron chi connectivity index (χ0n) is 23.9. The first-order chi connectivity index (χ1) is 18.9. The summed E-state index contributed by atoms with van der Waals surface area (Å²) < 4.78 is 5.28. The third-order valence-electron chi connectivity index (χ3n) is 7.96. The van der Waals surface area contributed by atoms with Crippen molar-refractivity contribution in [3.05, 3.63) is 15.8 Å². The number of amides is 3. The average molecular weight is 572 g/mol. The molecule has 2 heterocycles. The number of carbonyl (C=O) groups is 4. The van der Waals surface area contributed by atoms with Gasteiger partial charge in [0.1, 0.15) is 4.88 Å². The number of carbonyl (C=O) groups excluding carboxylic acids is 3. The van der Waals surface area contributed by atoms with E-state index >= 15 is 0 Å². The maximum Gasteiger partial charge on any atom is 0.408 e. The van der Waals surface area contributed by atoms with Crippen LogP contribution in [0.15, 0.2) is 6.07 Å². The van der Waals surface area contributed by atoms with Gasteiger partial charge in [-0.05, 0) is 84.1 Å². The highest BCUT2D eigenvalue weighted by molar-refractivity contribution is 7.15. The van der Waals surface area contributed by atoms with Gasteiger partial charge in [-0.25, -0.2) is 9.59 Å². The zero-order valence-corrected chi connectivity index (χ0v) is 24.7. The molecule has 0 aromatic carbocycles. The Balaban J connectivity index is 1.53. The van der Waals surface area contributed by atoms with Crippen molar-refractivity contribution in [1.29, 1.82) is 0 Å². The SMILES string of the molecule is CC(C)(C)C#Cc1cc(N(C(=O)[C@H]2CC[C@H](C)CC2)C2CCC(NC(=O)O[C@@H]3CCNC3=O)CC2)c(C(=O)O)s1. The first kappa shape index (κ1) is 29.9. The highest BCUT2D eigenvalue weighted by Gasteiger charge is 2.38. The molecule has 3 fully saturated rings. The fourth-order valence-corrected chi connectivity index (χ4v) is 6.56. The van der Waals surface area contributed by atoms with E-state index in [4.69, 9.17) is 4.74 Å². The van der Waals surface area contributed by atoms with Gasteiger partial charge in [0.05, 0.1) is 10.6 Å². The van der Waals surface area contributed by atoms with Crippen LogP contribution in [0.2, 0.25) is 0 Å². The van der Waals surface area contributed by atoms with Crippen LogP contribution in [-0.2, 0) is 14.3 Å². The van der Waals surface area contributed by atoms with E-state index in [1.807, 2.05) is 20.8 Å². The van der Waals surface area contributed by atoms with Crippen LogP contribution in [0.4, 0.5) is 10.5 Å². The van der Waals surface area contributed by atoms with Crippen LogP contribution in [0.5, 0.6) is 0 Å². The van der Waals surface area contributed by atoms with Gasteiger partial charge in [-0.2, -0.15) is 0 Å². The van der Waals surface area contributed by atoms with E-state index in [1.54, 1.807) is 11.0 Å². The lowest BCUT2D eigenvalue weighted by Gasteiger charge is -2.39. The lowest BCUT2D eigenvalue weighted by molar-refractivity contribution is -0.126. The molecule has 0 bridgehead atoms. The second-order valence-corrected chi connectivity index (χ2v) is 13.5. The Morgan fingerprint density at radius 2 is 1.75 bits per heavy atom. The summed E-state index contributed by atoms with van der Waals surface area (Å²) in [4.78, 5) is 53.0. The summed E-state index contributed by atoms with van der Waals surface area (Å²) in [6.07, 6.45) is 5.13. The summed E-state index contributed by atoms with van der Waals surface area (Å²) in [6, 6.07) is 1.44. The normalized spacial score (nSPS) is 26.7. The molecule has 3 N–H and O–H groups in total. The second-order valence-electron chi connectivity index (χ2n) is 12.4. The summed E-state index contributed by atoms with van der Waals surface area (Å²) >= 11 is 1.12. The van der Waals surface area contributed by atoms with Crippen LogP contribution in [0.3, 0.4) is 0 Å². The van der Waals surface area contributed by atoms with Gasteiger partial charge in [0.15, 0.2) is 6.10 Å². The monoisotopic (exact) mass is 571 g/mol. The lowest BCUT2D eigenvalue weighted by Crippen LogP contribution is -2.49. The molecule has 0 spiro atoms. The predicted octanol–water partition coefficient (Wildman–Crippen LogP) is 4.93. The largest absolute Gasteiger partial charge is 0.477 e. The number of ether oxygens (including phenoxy) is 1. The summed E-state index contributed by atoms with van der Waals surface area (Å²) in [6.45, 7) is 8.69. The smallest absolute Gasteiger partial charge is 0.408 e. The van der Waals surface area contributed by atoms with Crippen LogP contribution in [0.25, 0.3) is 0 Å². The summed E-state index contributed by atoms with van der Waals surface area (Å²) in [5, 5.41) is 15.6. The van der Waals surface area contributed by atoms with Gasteiger partial charge in [0, 0.05) is 36.4 Å². The molecule has 3 aliphatic rings. The Morgan fingerprint density at radius 1 is 1.07 bits per heavy atom. The number of anilines is 1. The minimum absolute atomic E-state index is 0.00871. The Bertz CT molecular complexity index is 1180. The van der Waals surface area contributed by atoms with Crippen molar-refractivity contribution in [2.45, 2.75) is 104 Å². The van der Waals surface area contributed by atoms with Gasteiger partial charge in [-0.1, -0.05) is 18.8 Å². The number of rotatable bonds is 6. The van der Waals surface area contributed by atoms with Gasteiger partial charge in [0.25, 0.3) is 5.91 Å². The molecule has 1 aromatic heterocycles. The van der Waals surface area contributed by atoms with Crippen LogP contribution >= 0.6 is 11.3 Å². The van der Waals surface area contributed by atoms with E-state index < -0.39 is 18.2 Å². The molecule has 1 aromatic rings. The number of nitrogens with zero attached hydrogens (tertiary/aromatic N) is 1. The summed E-state index contributed by atoms with van der Waals surface area (Å²) in [5.74, 6) is 5.40. The molecule has 0 unspecified atom stereocenters. The van der Waals surface area contributed by atoms with Crippen molar-refractivity contribution >= 4 is 40.9 Å². The highest BCUT2D eigenvalue weighted by Crippen LogP contribution is 2.39. The molecule has 1 saturated heterocycles. The third kappa shape index (κ3) is 7.57. The zero-order chi connectivity index (χ0) is 29.0. The highest BCUT2D eigenvalue weighted by atomic mass is 32.1.